The Hall–Kier alpha value is -6.19. The van der Waals surface area contributed by atoms with Gasteiger partial charge in [-0.05, 0) is 63.1 Å². The summed E-state index contributed by atoms with van der Waals surface area (Å²) in [5, 5.41) is 25.0. The minimum absolute atomic E-state index is 0.0556. The fraction of sp³-hybridized carbons (Fsp3) is 0.239. The minimum atomic E-state index is -1.19. The Balaban J connectivity index is 1.22. The van der Waals surface area contributed by atoms with E-state index in [2.05, 4.69) is 69.7 Å². The van der Waals surface area contributed by atoms with Crippen molar-refractivity contribution in [2.75, 3.05) is 0 Å². The summed E-state index contributed by atoms with van der Waals surface area (Å²) < 4.78 is 7.74. The first kappa shape index (κ1) is 37.1. The molecular weight excluding hydrogens is 685 g/mol. The first-order valence-corrected chi connectivity index (χ1v) is 19.1. The van der Waals surface area contributed by atoms with Gasteiger partial charge in [0.25, 0.3) is 0 Å². The van der Waals surface area contributed by atoms with E-state index in [1.54, 1.807) is 0 Å². The van der Waals surface area contributed by atoms with Crippen LogP contribution in [0.2, 0.25) is 0 Å². The van der Waals surface area contributed by atoms with Gasteiger partial charge in [-0.3, -0.25) is 0 Å². The molecule has 0 radical (unpaired) electrons. The van der Waals surface area contributed by atoms with Crippen molar-refractivity contribution in [3.05, 3.63) is 179 Å². The topological polar surface area (TPSA) is 119 Å². The van der Waals surface area contributed by atoms with Crippen LogP contribution in [0.25, 0.3) is 22.5 Å². The van der Waals surface area contributed by atoms with Crippen LogP contribution in [-0.4, -0.2) is 41.3 Å². The number of hydrogen-bond acceptors (Lipinski definition) is 7. The number of H-pyrrole nitrogens is 1. The number of unbranched alkanes of at least 4 members (excludes halogenated alkanes) is 1. The van der Waals surface area contributed by atoms with E-state index in [-0.39, 0.29) is 12.3 Å². The Morgan fingerprint density at radius 3 is 1.82 bits per heavy atom. The van der Waals surface area contributed by atoms with Crippen LogP contribution in [0.3, 0.4) is 0 Å². The van der Waals surface area contributed by atoms with Crippen LogP contribution in [0, 0.1) is 0 Å². The Bertz CT molecular complexity index is 2220. The summed E-state index contributed by atoms with van der Waals surface area (Å²) in [6.07, 6.45) is 3.51. The molecule has 9 heteroatoms. The molecule has 0 spiro atoms. The average molecular weight is 731 g/mol. The number of esters is 1. The highest BCUT2D eigenvalue weighted by Gasteiger charge is 2.42. The number of benzene rings is 5. The number of tetrazole rings is 1. The molecular formula is C46H46N6O3. The van der Waals surface area contributed by atoms with Crippen LogP contribution in [0.4, 0.5) is 0 Å². The van der Waals surface area contributed by atoms with Gasteiger partial charge in [-0.2, -0.15) is 0 Å². The number of ether oxygens (including phenoxy) is 1. The van der Waals surface area contributed by atoms with Crippen LogP contribution in [0.1, 0.15) is 90.7 Å². The molecule has 0 fully saturated rings. The highest BCUT2D eigenvalue weighted by molar-refractivity contribution is 5.89. The number of aromatic nitrogens is 6. The molecule has 2 heterocycles. The number of imidazole rings is 1. The molecule has 7 aromatic rings. The second-order valence-electron chi connectivity index (χ2n) is 13.8. The molecule has 9 nitrogen and oxygen atoms in total. The molecule has 55 heavy (non-hydrogen) atoms. The molecule has 2 aromatic heterocycles. The van der Waals surface area contributed by atoms with Crippen LogP contribution in [0.5, 0.6) is 0 Å². The van der Waals surface area contributed by atoms with Crippen molar-refractivity contribution < 1.29 is 14.6 Å². The molecule has 0 aliphatic rings. The van der Waals surface area contributed by atoms with Gasteiger partial charge in [0, 0.05) is 12.0 Å². The first-order chi connectivity index (χ1) is 26.9. The van der Waals surface area contributed by atoms with Crippen LogP contribution >= 0.6 is 0 Å². The first-order valence-electron chi connectivity index (χ1n) is 19.1. The molecule has 0 aliphatic heterocycles. The third kappa shape index (κ3) is 7.23. The third-order valence-electron chi connectivity index (χ3n) is 10.5. The van der Waals surface area contributed by atoms with Crippen molar-refractivity contribution in [1.82, 2.24) is 30.2 Å². The standard InChI is InChI=1S/C46H46N6O3/c1-4-7-27-40-47-41(42(48-40)45(54,5-2)6-3)44(53)55-32-33-28-30-34(31-29-33)38-25-17-18-26-39(38)43-49-50-51-52(43)46(35-19-11-8-12-20-35,36-21-13-9-14-22-36)37-23-15-10-16-24-37/h8-26,28-31,54H,4-7,27,32H2,1-3H3,(H,47,48). The normalized spacial score (nSPS) is 11.8. The Kier molecular flexibility index (Phi) is 11.1. The number of rotatable bonds is 15. The van der Waals surface area contributed by atoms with Gasteiger partial charge in [-0.1, -0.05) is 167 Å². The van der Waals surface area contributed by atoms with E-state index in [4.69, 9.17) is 9.95 Å². The van der Waals surface area contributed by atoms with Crippen molar-refractivity contribution in [2.45, 2.75) is 70.6 Å². The molecule has 278 valence electrons. The number of nitrogens with zero attached hydrogens (tertiary/aromatic N) is 5. The zero-order valence-corrected chi connectivity index (χ0v) is 31.5. The molecule has 0 unspecified atom stereocenters. The molecule has 0 atom stereocenters. The lowest BCUT2D eigenvalue weighted by Gasteiger charge is -2.36. The van der Waals surface area contributed by atoms with Crippen molar-refractivity contribution in [3.63, 3.8) is 0 Å². The summed E-state index contributed by atoms with van der Waals surface area (Å²) in [5.41, 5.74) is 5.14. The van der Waals surface area contributed by atoms with Gasteiger partial charge in [0.05, 0.1) is 5.69 Å². The number of carbonyl (C=O) groups excluding carboxylic acids is 1. The van der Waals surface area contributed by atoms with Crippen LogP contribution in [-0.2, 0) is 28.9 Å². The monoisotopic (exact) mass is 730 g/mol. The molecule has 0 saturated heterocycles. The smallest absolute Gasteiger partial charge is 0.359 e. The van der Waals surface area contributed by atoms with E-state index in [9.17, 15) is 9.90 Å². The number of aromatic amines is 1. The van der Waals surface area contributed by atoms with Gasteiger partial charge < -0.3 is 14.8 Å². The molecule has 0 aliphatic carbocycles. The lowest BCUT2D eigenvalue weighted by Crippen LogP contribution is -2.39. The van der Waals surface area contributed by atoms with Crippen molar-refractivity contribution >= 4 is 5.97 Å². The summed E-state index contributed by atoms with van der Waals surface area (Å²) in [4.78, 5) is 21.3. The lowest BCUT2D eigenvalue weighted by atomic mass is 9.77. The number of carbonyl (C=O) groups is 1. The Morgan fingerprint density at radius 1 is 0.727 bits per heavy atom. The zero-order valence-electron chi connectivity index (χ0n) is 31.5. The van der Waals surface area contributed by atoms with E-state index in [0.717, 1.165) is 51.8 Å². The third-order valence-corrected chi connectivity index (χ3v) is 10.5. The SMILES string of the molecule is CCCCc1nc(C(=O)OCc2ccc(-c3ccccc3-c3nnnn3C(c3ccccc3)(c3ccccc3)c3ccccc3)cc2)c(C(O)(CC)CC)[nH]1. The minimum Gasteiger partial charge on any atom is -0.456 e. The van der Waals surface area contributed by atoms with Crippen molar-refractivity contribution in [1.29, 1.82) is 0 Å². The fourth-order valence-electron chi connectivity index (χ4n) is 7.39. The molecule has 0 bridgehead atoms. The maximum Gasteiger partial charge on any atom is 0.359 e. The summed E-state index contributed by atoms with van der Waals surface area (Å²) in [5.74, 6) is 0.735. The van der Waals surface area contributed by atoms with Crippen molar-refractivity contribution in [2.24, 2.45) is 0 Å². The maximum atomic E-state index is 13.5. The zero-order chi connectivity index (χ0) is 38.3. The number of hydrogen-bond donors (Lipinski definition) is 2. The summed E-state index contributed by atoms with van der Waals surface area (Å²) >= 11 is 0. The largest absolute Gasteiger partial charge is 0.456 e. The summed E-state index contributed by atoms with van der Waals surface area (Å²) in [6, 6.07) is 47.1. The number of nitrogens with one attached hydrogen (secondary N) is 1. The maximum absolute atomic E-state index is 13.5. The molecule has 7 rings (SSSR count). The number of aliphatic hydroxyl groups is 1. The van der Waals surface area contributed by atoms with Gasteiger partial charge in [-0.15, -0.1) is 5.10 Å². The van der Waals surface area contributed by atoms with E-state index >= 15 is 0 Å². The predicted octanol–water partition coefficient (Wildman–Crippen LogP) is 9.28. The van der Waals surface area contributed by atoms with E-state index in [0.29, 0.717) is 36.6 Å². The molecule has 5 aromatic carbocycles. The molecule has 2 N–H and O–H groups in total. The predicted molar refractivity (Wildman–Crippen MR) is 214 cm³/mol. The molecule has 0 saturated carbocycles. The van der Waals surface area contributed by atoms with E-state index < -0.39 is 17.1 Å². The number of aryl methyl sites for hydroxylation is 1. The van der Waals surface area contributed by atoms with Crippen molar-refractivity contribution in [3.8, 4) is 22.5 Å². The Morgan fingerprint density at radius 2 is 1.27 bits per heavy atom. The summed E-state index contributed by atoms with van der Waals surface area (Å²) in [6.45, 7) is 5.96. The molecule has 0 amide bonds. The van der Waals surface area contributed by atoms with Crippen LogP contribution < -0.4 is 0 Å². The second kappa shape index (κ2) is 16.4. The van der Waals surface area contributed by atoms with Gasteiger partial charge in [0.15, 0.2) is 11.5 Å². The van der Waals surface area contributed by atoms with Gasteiger partial charge >= 0.3 is 5.97 Å². The van der Waals surface area contributed by atoms with E-state index in [1.807, 2.05) is 116 Å². The van der Waals surface area contributed by atoms with E-state index in [1.165, 1.54) is 0 Å². The fourth-order valence-corrected chi connectivity index (χ4v) is 7.39. The highest BCUT2D eigenvalue weighted by Crippen LogP contribution is 2.43. The van der Waals surface area contributed by atoms with Gasteiger partial charge in [0.2, 0.25) is 0 Å². The second-order valence-corrected chi connectivity index (χ2v) is 13.8. The van der Waals surface area contributed by atoms with Crippen LogP contribution in [0.15, 0.2) is 140 Å². The lowest BCUT2D eigenvalue weighted by molar-refractivity contribution is 0.0200. The Labute approximate surface area is 322 Å². The quantitative estimate of drug-likeness (QED) is 0.0798. The highest BCUT2D eigenvalue weighted by atomic mass is 16.5. The van der Waals surface area contributed by atoms with Gasteiger partial charge in [-0.25, -0.2) is 14.5 Å². The summed E-state index contributed by atoms with van der Waals surface area (Å²) in [7, 11) is 0. The average Bonchev–Trinajstić information content (AvgIpc) is 3.92. The van der Waals surface area contributed by atoms with Gasteiger partial charge in [0.1, 0.15) is 23.6 Å².